The first kappa shape index (κ1) is 14.8. The van der Waals surface area contributed by atoms with Gasteiger partial charge in [0.2, 0.25) is 0 Å². The number of benzene rings is 1. The topological polar surface area (TPSA) is 35.8 Å². The van der Waals surface area contributed by atoms with Crippen molar-refractivity contribution in [3.8, 4) is 6.07 Å². The molecule has 1 aliphatic rings. The molecule has 0 spiro atoms. The summed E-state index contributed by atoms with van der Waals surface area (Å²) < 4.78 is 13.5. The number of hydrogen-bond acceptors (Lipinski definition) is 2. The maximum atomic E-state index is 13.5. The van der Waals surface area contributed by atoms with E-state index in [1.807, 2.05) is 13.0 Å². The summed E-state index contributed by atoms with van der Waals surface area (Å²) in [5, 5.41) is 13.0. The van der Waals surface area contributed by atoms with Crippen LogP contribution in [0.2, 0.25) is 0 Å². The van der Waals surface area contributed by atoms with Crippen LogP contribution in [0, 0.1) is 35.4 Å². The van der Waals surface area contributed by atoms with E-state index in [9.17, 15) is 9.65 Å². The highest BCUT2D eigenvalue weighted by Crippen LogP contribution is 2.45. The van der Waals surface area contributed by atoms with E-state index in [1.54, 1.807) is 0 Å². The average Bonchev–Trinajstić information content (AvgIpc) is 2.31. The first-order valence-electron chi connectivity index (χ1n) is 7.23. The van der Waals surface area contributed by atoms with Gasteiger partial charge >= 0.3 is 0 Å². The van der Waals surface area contributed by atoms with Gasteiger partial charge in [-0.2, -0.15) is 5.26 Å². The lowest BCUT2D eigenvalue weighted by Crippen LogP contribution is -2.49. The molecule has 1 N–H and O–H groups in total. The van der Waals surface area contributed by atoms with Gasteiger partial charge in [0.05, 0.1) is 6.07 Å². The number of halogens is 1. The molecule has 20 heavy (non-hydrogen) atoms. The van der Waals surface area contributed by atoms with Crippen LogP contribution in [0.5, 0.6) is 0 Å². The van der Waals surface area contributed by atoms with Crippen LogP contribution in [0.4, 0.5) is 10.1 Å². The Morgan fingerprint density at radius 1 is 1.30 bits per heavy atom. The molecule has 0 aromatic heterocycles. The number of nitriles is 1. The zero-order valence-corrected chi connectivity index (χ0v) is 12.8. The van der Waals surface area contributed by atoms with Gasteiger partial charge in [-0.3, -0.25) is 0 Å². The smallest absolute Gasteiger partial charge is 0.128 e. The summed E-state index contributed by atoms with van der Waals surface area (Å²) in [6.07, 6.45) is 2.81. The quantitative estimate of drug-likeness (QED) is 0.851. The van der Waals surface area contributed by atoms with E-state index < -0.39 is 5.54 Å². The number of anilines is 1. The van der Waals surface area contributed by atoms with Crippen molar-refractivity contribution in [2.45, 2.75) is 52.5 Å². The molecule has 1 aromatic rings. The van der Waals surface area contributed by atoms with Crippen LogP contribution in [0.25, 0.3) is 0 Å². The van der Waals surface area contributed by atoms with Crippen molar-refractivity contribution < 1.29 is 4.39 Å². The normalized spacial score (nSPS) is 28.7. The summed E-state index contributed by atoms with van der Waals surface area (Å²) in [7, 11) is 0. The molecule has 1 fully saturated rings. The molecule has 1 aliphatic carbocycles. The van der Waals surface area contributed by atoms with E-state index in [2.05, 4.69) is 32.2 Å². The monoisotopic (exact) mass is 274 g/mol. The Morgan fingerprint density at radius 2 is 2.00 bits per heavy atom. The summed E-state index contributed by atoms with van der Waals surface area (Å²) in [6, 6.07) is 7.32. The largest absolute Gasteiger partial charge is 0.367 e. The maximum absolute atomic E-state index is 13.5. The molecule has 0 amide bonds. The lowest BCUT2D eigenvalue weighted by molar-refractivity contribution is 0.146. The molecule has 0 heterocycles. The van der Waals surface area contributed by atoms with Gasteiger partial charge in [0.25, 0.3) is 0 Å². The molecule has 0 saturated heterocycles. The second-order valence-corrected chi connectivity index (χ2v) is 6.99. The van der Waals surface area contributed by atoms with Gasteiger partial charge in [-0.25, -0.2) is 4.39 Å². The number of aryl methyl sites for hydroxylation is 1. The molecule has 1 aromatic carbocycles. The Morgan fingerprint density at radius 3 is 2.55 bits per heavy atom. The minimum absolute atomic E-state index is 0.236. The van der Waals surface area contributed by atoms with Crippen LogP contribution >= 0.6 is 0 Å². The van der Waals surface area contributed by atoms with Crippen LogP contribution in [0.3, 0.4) is 0 Å². The molecule has 2 rings (SSSR count). The zero-order valence-electron chi connectivity index (χ0n) is 12.8. The van der Waals surface area contributed by atoms with E-state index in [-0.39, 0.29) is 17.2 Å². The highest BCUT2D eigenvalue weighted by atomic mass is 19.1. The molecule has 2 unspecified atom stereocenters. The van der Waals surface area contributed by atoms with Crippen LogP contribution in [-0.4, -0.2) is 5.54 Å². The number of nitrogens with one attached hydrogen (secondary N) is 1. The Balaban J connectivity index is 2.27. The summed E-state index contributed by atoms with van der Waals surface area (Å²) in [6.45, 7) is 8.47. The van der Waals surface area contributed by atoms with Gasteiger partial charge in [0.15, 0.2) is 0 Å². The van der Waals surface area contributed by atoms with Crippen molar-refractivity contribution in [2.75, 3.05) is 5.32 Å². The standard InChI is InChI=1S/C17H23FN2/c1-12-7-14(18)9-15(8-12)20-17(11-19)6-5-16(3,4)10-13(17)2/h7-9,13,20H,5-6,10H2,1-4H3. The minimum Gasteiger partial charge on any atom is -0.367 e. The van der Waals surface area contributed by atoms with Crippen molar-refractivity contribution in [2.24, 2.45) is 11.3 Å². The second-order valence-electron chi connectivity index (χ2n) is 6.99. The molecule has 108 valence electrons. The SMILES string of the molecule is Cc1cc(F)cc(NC2(C#N)CCC(C)(C)CC2C)c1. The molecule has 3 heteroatoms. The second kappa shape index (κ2) is 5.09. The third kappa shape index (κ3) is 2.95. The highest BCUT2D eigenvalue weighted by molar-refractivity contribution is 5.50. The Labute approximate surface area is 121 Å². The zero-order chi connectivity index (χ0) is 15.0. The Kier molecular flexibility index (Phi) is 3.77. The van der Waals surface area contributed by atoms with Crippen molar-refractivity contribution in [1.82, 2.24) is 0 Å². The molecule has 2 nitrogen and oxygen atoms in total. The number of nitrogens with zero attached hydrogens (tertiary/aromatic N) is 1. The fourth-order valence-corrected chi connectivity index (χ4v) is 3.33. The lowest BCUT2D eigenvalue weighted by atomic mass is 9.64. The van der Waals surface area contributed by atoms with Crippen LogP contribution in [0.15, 0.2) is 18.2 Å². The Hall–Kier alpha value is -1.56. The fourth-order valence-electron chi connectivity index (χ4n) is 3.33. The van der Waals surface area contributed by atoms with E-state index in [0.717, 1.165) is 24.8 Å². The third-order valence-electron chi connectivity index (χ3n) is 4.51. The maximum Gasteiger partial charge on any atom is 0.128 e. The molecule has 0 bridgehead atoms. The first-order chi connectivity index (χ1) is 9.26. The summed E-state index contributed by atoms with van der Waals surface area (Å²) in [5.41, 5.74) is 1.26. The fraction of sp³-hybridized carbons (Fsp3) is 0.588. The molecular weight excluding hydrogens is 251 g/mol. The van der Waals surface area contributed by atoms with Crippen LogP contribution < -0.4 is 5.32 Å². The molecule has 0 radical (unpaired) electrons. The van der Waals surface area contributed by atoms with Crippen LogP contribution in [-0.2, 0) is 0 Å². The highest BCUT2D eigenvalue weighted by Gasteiger charge is 2.44. The van der Waals surface area contributed by atoms with E-state index in [4.69, 9.17) is 0 Å². The predicted octanol–water partition coefficient (Wildman–Crippen LogP) is 4.65. The van der Waals surface area contributed by atoms with Gasteiger partial charge in [-0.05, 0) is 61.3 Å². The summed E-state index contributed by atoms with van der Waals surface area (Å²) >= 11 is 0. The van der Waals surface area contributed by atoms with Gasteiger partial charge in [-0.1, -0.05) is 20.8 Å². The Bertz CT molecular complexity index is 524. The minimum atomic E-state index is -0.588. The number of rotatable bonds is 2. The molecule has 0 aliphatic heterocycles. The summed E-state index contributed by atoms with van der Waals surface area (Å²) in [5.74, 6) is -0.0239. The number of hydrogen-bond donors (Lipinski definition) is 1. The van der Waals surface area contributed by atoms with Gasteiger partial charge in [-0.15, -0.1) is 0 Å². The van der Waals surface area contributed by atoms with E-state index >= 15 is 0 Å². The molecular formula is C17H23FN2. The van der Waals surface area contributed by atoms with Crippen molar-refractivity contribution in [1.29, 1.82) is 5.26 Å². The van der Waals surface area contributed by atoms with Gasteiger partial charge < -0.3 is 5.32 Å². The van der Waals surface area contributed by atoms with E-state index in [1.165, 1.54) is 12.1 Å². The predicted molar refractivity (Wildman–Crippen MR) is 79.9 cm³/mol. The van der Waals surface area contributed by atoms with Crippen molar-refractivity contribution in [3.63, 3.8) is 0 Å². The van der Waals surface area contributed by atoms with Crippen molar-refractivity contribution in [3.05, 3.63) is 29.6 Å². The van der Waals surface area contributed by atoms with Gasteiger partial charge in [0, 0.05) is 5.69 Å². The van der Waals surface area contributed by atoms with Gasteiger partial charge in [0.1, 0.15) is 11.4 Å². The molecule has 1 saturated carbocycles. The third-order valence-corrected chi connectivity index (χ3v) is 4.51. The lowest BCUT2D eigenvalue weighted by Gasteiger charge is -2.45. The van der Waals surface area contributed by atoms with E-state index in [0.29, 0.717) is 5.69 Å². The first-order valence-corrected chi connectivity index (χ1v) is 7.23. The average molecular weight is 274 g/mol. The summed E-state index contributed by atoms with van der Waals surface area (Å²) in [4.78, 5) is 0. The molecule has 2 atom stereocenters. The van der Waals surface area contributed by atoms with Crippen molar-refractivity contribution >= 4 is 5.69 Å². The van der Waals surface area contributed by atoms with Crippen LogP contribution in [0.1, 0.15) is 45.6 Å².